The average molecular weight is 474 g/mol. The number of rotatable bonds is 8. The standard InChI is InChI=1S/C26H31N7O2/c1-2-3-8-19-17-33(23-11-6-7-12-24(23)34)26(35)32(19)16-18-13-14-22(27-15-18)20-9-4-5-10-21(20)25-28-30-31-29-25/h4-5,9-10,13-15,17,23-24,34H,2-3,6-8,11-12,16H2,1H3,(H,28,29,30,31). The van der Waals surface area contributed by atoms with E-state index in [1.54, 1.807) is 4.57 Å². The fourth-order valence-corrected chi connectivity index (χ4v) is 4.97. The normalized spacial score (nSPS) is 18.1. The lowest BCUT2D eigenvalue weighted by atomic mass is 9.92. The molecule has 35 heavy (non-hydrogen) atoms. The number of imidazole rings is 1. The first kappa shape index (κ1) is 23.2. The Bertz CT molecular complexity index is 1310. The number of pyridine rings is 1. The van der Waals surface area contributed by atoms with E-state index in [-0.39, 0.29) is 11.7 Å². The van der Waals surface area contributed by atoms with Crippen molar-refractivity contribution in [2.45, 2.75) is 70.6 Å². The number of unbranched alkanes of at least 4 members (excludes halogenated alkanes) is 1. The fraction of sp³-hybridized carbons (Fsp3) is 0.423. The Balaban J connectivity index is 1.43. The summed E-state index contributed by atoms with van der Waals surface area (Å²) in [4.78, 5) is 18.1. The van der Waals surface area contributed by atoms with Crippen molar-refractivity contribution in [2.24, 2.45) is 0 Å². The van der Waals surface area contributed by atoms with Crippen LogP contribution in [-0.2, 0) is 13.0 Å². The van der Waals surface area contributed by atoms with Gasteiger partial charge in [0, 0.05) is 29.2 Å². The zero-order chi connectivity index (χ0) is 24.2. The number of benzene rings is 1. The van der Waals surface area contributed by atoms with Gasteiger partial charge in [0.1, 0.15) is 0 Å². The zero-order valence-corrected chi connectivity index (χ0v) is 20.0. The van der Waals surface area contributed by atoms with Gasteiger partial charge in [0.15, 0.2) is 5.82 Å². The molecule has 182 valence electrons. The van der Waals surface area contributed by atoms with Crippen LogP contribution >= 0.6 is 0 Å². The predicted octanol–water partition coefficient (Wildman–Crippen LogP) is 3.76. The molecule has 1 aromatic carbocycles. The van der Waals surface area contributed by atoms with Crippen LogP contribution in [0.3, 0.4) is 0 Å². The topological polar surface area (TPSA) is 115 Å². The van der Waals surface area contributed by atoms with Crippen LogP contribution in [0.4, 0.5) is 0 Å². The maximum Gasteiger partial charge on any atom is 0.329 e. The maximum absolute atomic E-state index is 13.4. The molecule has 0 amide bonds. The van der Waals surface area contributed by atoms with Gasteiger partial charge in [0.25, 0.3) is 0 Å². The van der Waals surface area contributed by atoms with Gasteiger partial charge in [0.05, 0.1) is 24.4 Å². The number of nitrogens with zero attached hydrogens (tertiary/aromatic N) is 6. The summed E-state index contributed by atoms with van der Waals surface area (Å²) in [6, 6.07) is 11.7. The summed E-state index contributed by atoms with van der Waals surface area (Å²) in [6.07, 6.45) is 9.91. The Labute approximate surface area is 203 Å². The second-order valence-corrected chi connectivity index (χ2v) is 9.27. The van der Waals surface area contributed by atoms with Crippen molar-refractivity contribution < 1.29 is 5.11 Å². The van der Waals surface area contributed by atoms with Crippen LogP contribution in [0.1, 0.15) is 62.7 Å². The molecule has 5 rings (SSSR count). The zero-order valence-electron chi connectivity index (χ0n) is 20.0. The number of aliphatic hydroxyl groups is 1. The molecule has 4 aromatic rings. The van der Waals surface area contributed by atoms with Crippen LogP contribution in [0, 0.1) is 0 Å². The molecular formula is C26H31N7O2. The molecule has 2 N–H and O–H groups in total. The van der Waals surface area contributed by atoms with Gasteiger partial charge in [0.2, 0.25) is 0 Å². The van der Waals surface area contributed by atoms with Crippen LogP contribution in [0.25, 0.3) is 22.6 Å². The van der Waals surface area contributed by atoms with Crippen LogP contribution < -0.4 is 5.69 Å². The van der Waals surface area contributed by atoms with E-state index in [1.165, 1.54) is 0 Å². The third-order valence-corrected chi connectivity index (χ3v) is 6.89. The molecule has 0 aliphatic heterocycles. The summed E-state index contributed by atoms with van der Waals surface area (Å²) in [7, 11) is 0. The molecule has 9 heteroatoms. The first-order valence-corrected chi connectivity index (χ1v) is 12.4. The van der Waals surface area contributed by atoms with Gasteiger partial charge >= 0.3 is 5.69 Å². The first-order valence-electron chi connectivity index (χ1n) is 12.4. The third-order valence-electron chi connectivity index (χ3n) is 6.89. The van der Waals surface area contributed by atoms with Gasteiger partial charge < -0.3 is 5.11 Å². The van der Waals surface area contributed by atoms with E-state index in [0.717, 1.165) is 73.0 Å². The summed E-state index contributed by atoms with van der Waals surface area (Å²) in [5.41, 5.74) is 4.53. The maximum atomic E-state index is 13.4. The Hall–Kier alpha value is -3.59. The molecule has 1 aliphatic rings. The summed E-state index contributed by atoms with van der Waals surface area (Å²) in [5.74, 6) is 0.588. The number of aromatic nitrogens is 7. The number of aromatic amines is 1. The van der Waals surface area contributed by atoms with Crippen molar-refractivity contribution in [3.63, 3.8) is 0 Å². The number of hydrogen-bond donors (Lipinski definition) is 2. The summed E-state index contributed by atoms with van der Waals surface area (Å²) in [5, 5.41) is 24.8. The quantitative estimate of drug-likeness (QED) is 0.403. The van der Waals surface area contributed by atoms with Gasteiger partial charge in [-0.3, -0.25) is 14.1 Å². The largest absolute Gasteiger partial charge is 0.391 e. The highest BCUT2D eigenvalue weighted by Crippen LogP contribution is 2.29. The number of tetrazole rings is 1. The molecule has 3 aromatic heterocycles. The lowest BCUT2D eigenvalue weighted by Crippen LogP contribution is -2.35. The van der Waals surface area contributed by atoms with E-state index in [2.05, 4.69) is 27.5 Å². The van der Waals surface area contributed by atoms with Crippen molar-refractivity contribution in [1.82, 2.24) is 34.7 Å². The molecule has 0 radical (unpaired) electrons. The molecule has 3 heterocycles. The van der Waals surface area contributed by atoms with E-state index in [1.807, 2.05) is 53.4 Å². The minimum absolute atomic E-state index is 0.0469. The monoisotopic (exact) mass is 473 g/mol. The molecule has 1 fully saturated rings. The van der Waals surface area contributed by atoms with Crippen molar-refractivity contribution in [3.05, 3.63) is 70.5 Å². The van der Waals surface area contributed by atoms with E-state index < -0.39 is 6.10 Å². The fourth-order valence-electron chi connectivity index (χ4n) is 4.97. The number of aliphatic hydroxyl groups excluding tert-OH is 1. The Morgan fingerprint density at radius 2 is 1.94 bits per heavy atom. The van der Waals surface area contributed by atoms with E-state index in [9.17, 15) is 9.90 Å². The highest BCUT2D eigenvalue weighted by Gasteiger charge is 2.27. The smallest absolute Gasteiger partial charge is 0.329 e. The number of nitrogens with one attached hydrogen (secondary N) is 1. The van der Waals surface area contributed by atoms with Gasteiger partial charge in [-0.05, 0) is 47.7 Å². The first-order chi connectivity index (χ1) is 17.2. The highest BCUT2D eigenvalue weighted by molar-refractivity contribution is 5.78. The van der Waals surface area contributed by atoms with Crippen molar-refractivity contribution in [2.75, 3.05) is 0 Å². The Kier molecular flexibility index (Phi) is 6.85. The lowest BCUT2D eigenvalue weighted by molar-refractivity contribution is 0.0736. The van der Waals surface area contributed by atoms with Crippen molar-refractivity contribution in [3.8, 4) is 22.6 Å². The number of H-pyrrole nitrogens is 1. The number of hydrogen-bond acceptors (Lipinski definition) is 6. The predicted molar refractivity (Wildman–Crippen MR) is 133 cm³/mol. The Morgan fingerprint density at radius 3 is 2.66 bits per heavy atom. The van der Waals surface area contributed by atoms with Crippen molar-refractivity contribution >= 4 is 0 Å². The number of aryl methyl sites for hydroxylation is 1. The van der Waals surface area contributed by atoms with Crippen LogP contribution in [0.5, 0.6) is 0 Å². The molecule has 0 bridgehead atoms. The van der Waals surface area contributed by atoms with Crippen LogP contribution in [0.15, 0.2) is 53.6 Å². The second kappa shape index (κ2) is 10.4. The molecule has 1 aliphatic carbocycles. The van der Waals surface area contributed by atoms with Gasteiger partial charge in [-0.15, -0.1) is 5.10 Å². The Morgan fingerprint density at radius 1 is 1.11 bits per heavy atom. The third kappa shape index (κ3) is 4.81. The van der Waals surface area contributed by atoms with E-state index >= 15 is 0 Å². The minimum atomic E-state index is -0.461. The summed E-state index contributed by atoms with van der Waals surface area (Å²) in [6.45, 7) is 2.61. The van der Waals surface area contributed by atoms with Gasteiger partial charge in [-0.2, -0.15) is 0 Å². The summed E-state index contributed by atoms with van der Waals surface area (Å²) < 4.78 is 3.63. The molecule has 0 spiro atoms. The molecular weight excluding hydrogens is 442 g/mol. The van der Waals surface area contributed by atoms with Gasteiger partial charge in [-0.25, -0.2) is 9.89 Å². The van der Waals surface area contributed by atoms with Crippen molar-refractivity contribution in [1.29, 1.82) is 0 Å². The lowest BCUT2D eigenvalue weighted by Gasteiger charge is -2.27. The van der Waals surface area contributed by atoms with Crippen LogP contribution in [-0.4, -0.2) is 46.0 Å². The molecule has 2 atom stereocenters. The molecule has 2 unspecified atom stereocenters. The van der Waals surface area contributed by atoms with Crippen LogP contribution in [0.2, 0.25) is 0 Å². The van der Waals surface area contributed by atoms with Gasteiger partial charge in [-0.1, -0.05) is 56.5 Å². The minimum Gasteiger partial charge on any atom is -0.391 e. The second-order valence-electron chi connectivity index (χ2n) is 9.27. The van der Waals surface area contributed by atoms with E-state index in [4.69, 9.17) is 4.98 Å². The summed E-state index contributed by atoms with van der Waals surface area (Å²) >= 11 is 0. The van der Waals surface area contributed by atoms with E-state index in [0.29, 0.717) is 12.4 Å². The molecule has 9 nitrogen and oxygen atoms in total. The highest BCUT2D eigenvalue weighted by atomic mass is 16.3. The molecule has 1 saturated carbocycles. The molecule has 0 saturated heterocycles. The average Bonchev–Trinajstić information content (AvgIpc) is 3.53. The SMILES string of the molecule is CCCCc1cn(C2CCCCC2O)c(=O)n1Cc1ccc(-c2ccccc2-c2nnn[nH]2)nc1.